The number of carboxylic acid groups (broad SMARTS) is 1. The summed E-state index contributed by atoms with van der Waals surface area (Å²) in [4.78, 5) is 22.8. The van der Waals surface area contributed by atoms with Crippen LogP contribution >= 0.6 is 0 Å². The Bertz CT molecular complexity index is 399. The lowest BCUT2D eigenvalue weighted by Crippen LogP contribution is -2.34. The van der Waals surface area contributed by atoms with Crippen LogP contribution in [0.5, 0.6) is 0 Å². The standard InChI is InChI=1S/C16H28N2O3/c1-16(2,3)12(8-9-17)5-7-14(19)18-13-6-4-11(10-13)15(20)21/h4,6,11-13H,5,7-10,17H2,1-3H3,(H,18,19)(H,20,21). The fourth-order valence-corrected chi connectivity index (χ4v) is 2.78. The Kier molecular flexibility index (Phi) is 6.40. The molecular weight excluding hydrogens is 268 g/mol. The Morgan fingerprint density at radius 1 is 1.33 bits per heavy atom. The second-order valence-corrected chi connectivity index (χ2v) is 6.92. The fraction of sp³-hybridized carbons (Fsp3) is 0.750. The molecule has 0 saturated carbocycles. The molecule has 0 spiro atoms. The molecule has 0 saturated heterocycles. The van der Waals surface area contributed by atoms with Gasteiger partial charge < -0.3 is 16.2 Å². The van der Waals surface area contributed by atoms with E-state index in [2.05, 4.69) is 26.1 Å². The molecule has 0 bridgehead atoms. The van der Waals surface area contributed by atoms with Crippen molar-refractivity contribution in [1.82, 2.24) is 5.32 Å². The van der Waals surface area contributed by atoms with E-state index in [-0.39, 0.29) is 17.4 Å². The Morgan fingerprint density at radius 2 is 2.00 bits per heavy atom. The van der Waals surface area contributed by atoms with Crippen molar-refractivity contribution < 1.29 is 14.7 Å². The third-order valence-electron chi connectivity index (χ3n) is 4.21. The molecule has 1 aliphatic rings. The van der Waals surface area contributed by atoms with Crippen molar-refractivity contribution in [1.29, 1.82) is 0 Å². The van der Waals surface area contributed by atoms with Crippen LogP contribution in [-0.4, -0.2) is 29.6 Å². The van der Waals surface area contributed by atoms with Gasteiger partial charge in [-0.1, -0.05) is 32.9 Å². The zero-order valence-corrected chi connectivity index (χ0v) is 13.3. The van der Waals surface area contributed by atoms with E-state index < -0.39 is 11.9 Å². The second-order valence-electron chi connectivity index (χ2n) is 6.92. The highest BCUT2D eigenvalue weighted by atomic mass is 16.4. The lowest BCUT2D eigenvalue weighted by molar-refractivity contribution is -0.140. The number of hydrogen-bond acceptors (Lipinski definition) is 3. The molecule has 5 heteroatoms. The molecule has 0 radical (unpaired) electrons. The zero-order chi connectivity index (χ0) is 16.0. The van der Waals surface area contributed by atoms with E-state index in [0.29, 0.717) is 25.3 Å². The first kappa shape index (κ1) is 17.7. The third kappa shape index (κ3) is 5.87. The third-order valence-corrected chi connectivity index (χ3v) is 4.21. The summed E-state index contributed by atoms with van der Waals surface area (Å²) in [5.74, 6) is -0.908. The maximum Gasteiger partial charge on any atom is 0.310 e. The van der Waals surface area contributed by atoms with Gasteiger partial charge in [-0.15, -0.1) is 0 Å². The van der Waals surface area contributed by atoms with Crippen LogP contribution in [0.3, 0.4) is 0 Å². The molecule has 120 valence electrons. The largest absolute Gasteiger partial charge is 0.481 e. The minimum absolute atomic E-state index is 0.0121. The van der Waals surface area contributed by atoms with Gasteiger partial charge in [0.15, 0.2) is 0 Å². The number of aliphatic carboxylic acids is 1. The van der Waals surface area contributed by atoms with Crippen molar-refractivity contribution in [2.24, 2.45) is 23.0 Å². The van der Waals surface area contributed by atoms with E-state index in [0.717, 1.165) is 12.8 Å². The van der Waals surface area contributed by atoms with Crippen LogP contribution in [0.2, 0.25) is 0 Å². The fourth-order valence-electron chi connectivity index (χ4n) is 2.78. The molecule has 21 heavy (non-hydrogen) atoms. The lowest BCUT2D eigenvalue weighted by Gasteiger charge is -2.30. The van der Waals surface area contributed by atoms with Crippen LogP contribution in [0.15, 0.2) is 12.2 Å². The van der Waals surface area contributed by atoms with Gasteiger partial charge in [-0.25, -0.2) is 0 Å². The van der Waals surface area contributed by atoms with Crippen molar-refractivity contribution in [3.05, 3.63) is 12.2 Å². The predicted octanol–water partition coefficient (Wildman–Crippen LogP) is 1.92. The first-order valence-corrected chi connectivity index (χ1v) is 7.64. The molecule has 3 atom stereocenters. The van der Waals surface area contributed by atoms with E-state index >= 15 is 0 Å². The predicted molar refractivity (Wildman–Crippen MR) is 82.7 cm³/mol. The van der Waals surface area contributed by atoms with Gasteiger partial charge in [-0.2, -0.15) is 0 Å². The second kappa shape index (κ2) is 7.59. The molecule has 0 fully saturated rings. The quantitative estimate of drug-likeness (QED) is 0.626. The molecule has 4 N–H and O–H groups in total. The zero-order valence-electron chi connectivity index (χ0n) is 13.3. The highest BCUT2D eigenvalue weighted by molar-refractivity contribution is 5.77. The Morgan fingerprint density at radius 3 is 2.48 bits per heavy atom. The monoisotopic (exact) mass is 296 g/mol. The lowest BCUT2D eigenvalue weighted by atomic mass is 9.76. The molecular formula is C16H28N2O3. The summed E-state index contributed by atoms with van der Waals surface area (Å²) in [6.07, 6.45) is 6.07. The van der Waals surface area contributed by atoms with E-state index in [1.165, 1.54) is 0 Å². The van der Waals surface area contributed by atoms with E-state index in [9.17, 15) is 9.59 Å². The minimum Gasteiger partial charge on any atom is -0.481 e. The van der Waals surface area contributed by atoms with Gasteiger partial charge in [0.2, 0.25) is 5.91 Å². The van der Waals surface area contributed by atoms with Crippen LogP contribution in [0.4, 0.5) is 0 Å². The SMILES string of the molecule is CC(C)(C)C(CCN)CCC(=O)NC1C=CC(C(=O)O)C1. The van der Waals surface area contributed by atoms with Gasteiger partial charge in [0, 0.05) is 12.5 Å². The number of rotatable bonds is 7. The van der Waals surface area contributed by atoms with E-state index in [1.807, 2.05) is 0 Å². The maximum atomic E-state index is 12.0. The molecule has 0 aromatic carbocycles. The van der Waals surface area contributed by atoms with Gasteiger partial charge in [-0.3, -0.25) is 9.59 Å². The van der Waals surface area contributed by atoms with Crippen LogP contribution < -0.4 is 11.1 Å². The summed E-state index contributed by atoms with van der Waals surface area (Å²) in [5, 5.41) is 11.8. The number of hydrogen-bond donors (Lipinski definition) is 3. The molecule has 1 amide bonds. The summed E-state index contributed by atoms with van der Waals surface area (Å²) in [6.45, 7) is 7.14. The van der Waals surface area contributed by atoms with Gasteiger partial charge in [0.25, 0.3) is 0 Å². The summed E-state index contributed by atoms with van der Waals surface area (Å²) in [5.41, 5.74) is 5.78. The molecule has 0 heterocycles. The van der Waals surface area contributed by atoms with Gasteiger partial charge in [-0.05, 0) is 37.1 Å². The Hall–Kier alpha value is -1.36. The van der Waals surface area contributed by atoms with Crippen LogP contribution in [0.1, 0.15) is 46.5 Å². The number of carbonyl (C=O) groups excluding carboxylic acids is 1. The Balaban J connectivity index is 2.37. The van der Waals surface area contributed by atoms with Gasteiger partial charge >= 0.3 is 5.97 Å². The number of nitrogens with one attached hydrogen (secondary N) is 1. The number of amides is 1. The van der Waals surface area contributed by atoms with Crippen molar-refractivity contribution >= 4 is 11.9 Å². The van der Waals surface area contributed by atoms with Crippen molar-refractivity contribution in [3.8, 4) is 0 Å². The van der Waals surface area contributed by atoms with E-state index in [4.69, 9.17) is 10.8 Å². The van der Waals surface area contributed by atoms with Gasteiger partial charge in [0.1, 0.15) is 0 Å². The van der Waals surface area contributed by atoms with E-state index in [1.54, 1.807) is 12.2 Å². The molecule has 0 aromatic heterocycles. The maximum absolute atomic E-state index is 12.0. The Labute approximate surface area is 127 Å². The summed E-state index contributed by atoms with van der Waals surface area (Å²) < 4.78 is 0. The highest BCUT2D eigenvalue weighted by Gasteiger charge is 2.27. The van der Waals surface area contributed by atoms with Crippen molar-refractivity contribution in [2.75, 3.05) is 6.54 Å². The molecule has 1 aliphatic carbocycles. The summed E-state index contributed by atoms with van der Waals surface area (Å²) in [6, 6.07) is -0.152. The average Bonchev–Trinajstić information content (AvgIpc) is 2.81. The smallest absolute Gasteiger partial charge is 0.310 e. The number of carboxylic acids is 1. The van der Waals surface area contributed by atoms with Crippen molar-refractivity contribution in [2.45, 2.75) is 52.5 Å². The van der Waals surface area contributed by atoms with Crippen LogP contribution in [0.25, 0.3) is 0 Å². The molecule has 5 nitrogen and oxygen atoms in total. The van der Waals surface area contributed by atoms with Crippen LogP contribution in [0, 0.1) is 17.3 Å². The summed E-state index contributed by atoms with van der Waals surface area (Å²) in [7, 11) is 0. The van der Waals surface area contributed by atoms with Crippen molar-refractivity contribution in [3.63, 3.8) is 0 Å². The highest BCUT2D eigenvalue weighted by Crippen LogP contribution is 2.32. The molecule has 3 unspecified atom stereocenters. The summed E-state index contributed by atoms with van der Waals surface area (Å²) >= 11 is 0. The topological polar surface area (TPSA) is 92.4 Å². The molecule has 0 aromatic rings. The molecule has 1 rings (SSSR count). The number of nitrogens with two attached hydrogens (primary N) is 1. The minimum atomic E-state index is -0.834. The van der Waals surface area contributed by atoms with Gasteiger partial charge in [0.05, 0.1) is 5.92 Å². The first-order valence-electron chi connectivity index (χ1n) is 7.64. The average molecular weight is 296 g/mol. The first-order chi connectivity index (χ1) is 9.74. The van der Waals surface area contributed by atoms with Crippen LogP contribution in [-0.2, 0) is 9.59 Å². The number of carbonyl (C=O) groups is 2. The molecule has 0 aliphatic heterocycles. The normalized spacial score (nSPS) is 23.0.